The number of phenolic OH excluding ortho intramolecular Hbond substituents is 3. The summed E-state index contributed by atoms with van der Waals surface area (Å²) < 4.78 is 6.07. The minimum absolute atomic E-state index is 0.0647. The molecule has 1 heterocycles. The molecular formula is C30H36O5. The zero-order valence-electron chi connectivity index (χ0n) is 21.3. The Labute approximate surface area is 208 Å². The van der Waals surface area contributed by atoms with E-state index in [0.29, 0.717) is 12.8 Å². The number of fused-ring (bicyclic) bond motifs is 1. The first-order valence-corrected chi connectivity index (χ1v) is 12.1. The van der Waals surface area contributed by atoms with E-state index in [1.807, 2.05) is 26.0 Å². The predicted molar refractivity (Wildman–Crippen MR) is 139 cm³/mol. The molecule has 0 radical (unpaired) electrons. The van der Waals surface area contributed by atoms with Gasteiger partial charge in [-0.05, 0) is 89.1 Å². The number of aromatic hydroxyl groups is 3. The third-order valence-corrected chi connectivity index (χ3v) is 6.14. The first-order valence-electron chi connectivity index (χ1n) is 12.1. The highest BCUT2D eigenvalue weighted by Crippen LogP contribution is 2.42. The van der Waals surface area contributed by atoms with Crippen LogP contribution in [0.15, 0.2) is 59.2 Å². The van der Waals surface area contributed by atoms with Crippen LogP contribution in [0.25, 0.3) is 0 Å². The Morgan fingerprint density at radius 3 is 2.17 bits per heavy atom. The van der Waals surface area contributed by atoms with Gasteiger partial charge in [0.2, 0.25) is 0 Å². The molecule has 1 aliphatic rings. The van der Waals surface area contributed by atoms with Gasteiger partial charge in [0, 0.05) is 12.1 Å². The average Bonchev–Trinajstić information content (AvgIpc) is 2.76. The number of benzene rings is 2. The molecule has 0 unspecified atom stereocenters. The molecule has 0 saturated heterocycles. The minimum Gasteiger partial charge on any atom is -0.508 e. The number of ketones is 1. The number of Topliss-reactive ketones (excluding diaryl/α,β-unsaturated/α-hetero) is 1. The number of carbonyl (C=O) groups is 1. The summed E-state index contributed by atoms with van der Waals surface area (Å²) in [6.45, 7) is 10.3. The Bertz CT molecular complexity index is 1190. The lowest BCUT2D eigenvalue weighted by atomic mass is 9.91. The fourth-order valence-corrected chi connectivity index (χ4v) is 4.18. The molecule has 5 heteroatoms. The van der Waals surface area contributed by atoms with E-state index < -0.39 is 6.10 Å². The lowest BCUT2D eigenvalue weighted by Crippen LogP contribution is -2.21. The summed E-state index contributed by atoms with van der Waals surface area (Å²) in [6, 6.07) is 6.27. The normalized spacial score (nSPS) is 15.3. The predicted octanol–water partition coefficient (Wildman–Crippen LogP) is 7.25. The van der Waals surface area contributed by atoms with Crippen LogP contribution < -0.4 is 4.74 Å². The van der Waals surface area contributed by atoms with Crippen molar-refractivity contribution in [3.05, 3.63) is 81.5 Å². The molecule has 1 atom stereocenters. The van der Waals surface area contributed by atoms with Crippen molar-refractivity contribution in [2.24, 2.45) is 0 Å². The fraction of sp³-hybridized carbons (Fsp3) is 0.367. The van der Waals surface area contributed by atoms with Gasteiger partial charge in [0.1, 0.15) is 34.7 Å². The van der Waals surface area contributed by atoms with Gasteiger partial charge in [0.05, 0.1) is 6.42 Å². The van der Waals surface area contributed by atoms with Gasteiger partial charge < -0.3 is 20.1 Å². The summed E-state index contributed by atoms with van der Waals surface area (Å²) in [5, 5.41) is 31.0. The number of allylic oxidation sites excluding steroid dienone is 6. The highest BCUT2D eigenvalue weighted by atomic mass is 16.5. The zero-order valence-corrected chi connectivity index (χ0v) is 21.3. The number of hydrogen-bond donors (Lipinski definition) is 3. The molecule has 5 nitrogen and oxygen atoms in total. The molecule has 0 bridgehead atoms. The molecule has 0 aromatic heterocycles. The molecule has 2 aromatic carbocycles. The van der Waals surface area contributed by atoms with Gasteiger partial charge in [-0.3, -0.25) is 4.79 Å². The highest BCUT2D eigenvalue weighted by Gasteiger charge is 2.31. The fourth-order valence-electron chi connectivity index (χ4n) is 4.18. The Kier molecular flexibility index (Phi) is 8.44. The van der Waals surface area contributed by atoms with Crippen LogP contribution in [0, 0.1) is 0 Å². The van der Waals surface area contributed by atoms with Gasteiger partial charge in [-0.2, -0.15) is 0 Å². The Morgan fingerprint density at radius 2 is 1.54 bits per heavy atom. The maximum absolute atomic E-state index is 12.8. The molecule has 0 amide bonds. The molecule has 186 valence electrons. The molecule has 35 heavy (non-hydrogen) atoms. The van der Waals surface area contributed by atoms with E-state index in [1.165, 1.54) is 17.2 Å². The highest BCUT2D eigenvalue weighted by molar-refractivity contribution is 6.02. The second-order valence-electron chi connectivity index (χ2n) is 9.82. The van der Waals surface area contributed by atoms with Crippen molar-refractivity contribution in [1.82, 2.24) is 0 Å². The standard InChI is InChI=1S/C30H36O5/c1-18(2)7-6-8-20(5)10-12-22-14-23(13-21(30(22)34)11-9-19(3)4)27-17-26(33)29-25(32)15-24(31)16-28(29)35-27/h7,9-10,13-16,27,31-32,34H,6,8,11-12,17H2,1-5H3/b20-10+/t27-/m1/s1. The number of ether oxygens (including phenoxy) is 1. The van der Waals surface area contributed by atoms with Gasteiger partial charge in [0.25, 0.3) is 0 Å². The van der Waals surface area contributed by atoms with E-state index in [9.17, 15) is 20.1 Å². The van der Waals surface area contributed by atoms with Crippen molar-refractivity contribution in [1.29, 1.82) is 0 Å². The van der Waals surface area contributed by atoms with E-state index in [0.717, 1.165) is 41.2 Å². The van der Waals surface area contributed by atoms with E-state index >= 15 is 0 Å². The lowest BCUT2D eigenvalue weighted by Gasteiger charge is -2.27. The Balaban J connectivity index is 1.95. The number of carbonyl (C=O) groups excluding carboxylic acids is 1. The van der Waals surface area contributed by atoms with Crippen molar-refractivity contribution in [2.75, 3.05) is 0 Å². The molecule has 0 saturated carbocycles. The smallest absolute Gasteiger partial charge is 0.174 e. The van der Waals surface area contributed by atoms with Crippen molar-refractivity contribution < 1.29 is 24.9 Å². The van der Waals surface area contributed by atoms with Crippen LogP contribution in [-0.4, -0.2) is 21.1 Å². The van der Waals surface area contributed by atoms with Crippen LogP contribution in [-0.2, 0) is 12.8 Å². The van der Waals surface area contributed by atoms with E-state index in [2.05, 4.69) is 39.0 Å². The summed E-state index contributed by atoms with van der Waals surface area (Å²) in [5.41, 5.74) is 6.14. The Hall–Kier alpha value is -3.47. The topological polar surface area (TPSA) is 87.0 Å². The number of hydrogen-bond acceptors (Lipinski definition) is 5. The van der Waals surface area contributed by atoms with Crippen molar-refractivity contribution in [3.8, 4) is 23.0 Å². The van der Waals surface area contributed by atoms with Gasteiger partial charge >= 0.3 is 0 Å². The van der Waals surface area contributed by atoms with Gasteiger partial charge in [0.15, 0.2) is 5.78 Å². The molecule has 3 rings (SSSR count). The monoisotopic (exact) mass is 476 g/mol. The van der Waals surface area contributed by atoms with Crippen LogP contribution in [0.5, 0.6) is 23.0 Å². The Morgan fingerprint density at radius 1 is 0.914 bits per heavy atom. The van der Waals surface area contributed by atoms with E-state index in [-0.39, 0.29) is 40.8 Å². The summed E-state index contributed by atoms with van der Waals surface area (Å²) in [5.74, 6) is -0.271. The van der Waals surface area contributed by atoms with Crippen LogP contribution >= 0.6 is 0 Å². The van der Waals surface area contributed by atoms with Gasteiger partial charge in [-0.15, -0.1) is 0 Å². The van der Waals surface area contributed by atoms with E-state index in [1.54, 1.807) is 0 Å². The van der Waals surface area contributed by atoms with Crippen molar-refractivity contribution >= 4 is 5.78 Å². The van der Waals surface area contributed by atoms with Crippen LogP contribution in [0.2, 0.25) is 0 Å². The third-order valence-electron chi connectivity index (χ3n) is 6.14. The second kappa shape index (κ2) is 11.3. The van der Waals surface area contributed by atoms with Crippen molar-refractivity contribution in [3.63, 3.8) is 0 Å². The van der Waals surface area contributed by atoms with Crippen LogP contribution in [0.3, 0.4) is 0 Å². The number of phenols is 3. The first kappa shape index (κ1) is 26.1. The summed E-state index contributed by atoms with van der Waals surface area (Å²) in [7, 11) is 0. The molecule has 3 N–H and O–H groups in total. The third kappa shape index (κ3) is 6.78. The SMILES string of the molecule is CC(C)=CCC/C(C)=C/Cc1cc([C@H]2CC(=O)c3c(O)cc(O)cc3O2)cc(CC=C(C)C)c1O. The molecular weight excluding hydrogens is 440 g/mol. The van der Waals surface area contributed by atoms with Gasteiger partial charge in [-0.25, -0.2) is 0 Å². The number of rotatable bonds is 8. The quantitative estimate of drug-likeness (QED) is 0.349. The average molecular weight is 477 g/mol. The largest absolute Gasteiger partial charge is 0.508 e. The molecule has 0 spiro atoms. The first-order chi connectivity index (χ1) is 16.5. The van der Waals surface area contributed by atoms with Crippen LogP contribution in [0.1, 0.15) is 87.0 Å². The maximum Gasteiger partial charge on any atom is 0.174 e. The summed E-state index contributed by atoms with van der Waals surface area (Å²) in [6.07, 6.45) is 8.98. The zero-order chi connectivity index (χ0) is 25.7. The second-order valence-corrected chi connectivity index (χ2v) is 9.82. The minimum atomic E-state index is -0.580. The summed E-state index contributed by atoms with van der Waals surface area (Å²) >= 11 is 0. The summed E-state index contributed by atoms with van der Waals surface area (Å²) in [4.78, 5) is 12.8. The van der Waals surface area contributed by atoms with Crippen LogP contribution in [0.4, 0.5) is 0 Å². The molecule has 0 aliphatic carbocycles. The molecule has 1 aliphatic heterocycles. The van der Waals surface area contributed by atoms with Crippen molar-refractivity contribution in [2.45, 2.75) is 72.8 Å². The molecule has 0 fully saturated rings. The van der Waals surface area contributed by atoms with E-state index in [4.69, 9.17) is 4.74 Å². The molecule has 2 aromatic rings. The van der Waals surface area contributed by atoms with Gasteiger partial charge in [-0.1, -0.05) is 34.9 Å². The lowest BCUT2D eigenvalue weighted by molar-refractivity contribution is 0.0844. The maximum atomic E-state index is 12.8.